The van der Waals surface area contributed by atoms with E-state index in [1.54, 1.807) is 42.5 Å². The van der Waals surface area contributed by atoms with E-state index in [2.05, 4.69) is 10.6 Å². The van der Waals surface area contributed by atoms with Crippen molar-refractivity contribution in [2.24, 2.45) is 4.99 Å². The molecule has 0 unspecified atom stereocenters. The Bertz CT molecular complexity index is 1680. The zero-order valence-corrected chi connectivity index (χ0v) is 22.2. The second-order valence-corrected chi connectivity index (χ2v) is 9.59. The minimum absolute atomic E-state index is 0.107. The molecule has 2 aliphatic rings. The first-order valence-corrected chi connectivity index (χ1v) is 13.1. The maximum Gasteiger partial charge on any atom is 0.321 e. The van der Waals surface area contributed by atoms with Crippen LogP contribution in [0, 0.1) is 6.92 Å². The van der Waals surface area contributed by atoms with E-state index in [0.29, 0.717) is 39.7 Å². The molecular weight excluding hydrogens is 520 g/mol. The number of hydrogen-bond acceptors (Lipinski definition) is 6. The number of aliphatic imine (C=N–C) groups is 1. The first-order chi connectivity index (χ1) is 20.0. The Balaban J connectivity index is 1.36. The number of fused-ring (bicyclic) bond motifs is 2. The number of nitrogens with one attached hydrogen (secondary N) is 2. The molecule has 3 amide bonds. The van der Waals surface area contributed by atoms with Crippen molar-refractivity contribution in [3.8, 4) is 11.5 Å². The molecule has 0 aliphatic carbocycles. The Morgan fingerprint density at radius 1 is 0.902 bits per heavy atom. The molecule has 0 fully saturated rings. The van der Waals surface area contributed by atoms with Gasteiger partial charge >= 0.3 is 6.03 Å². The van der Waals surface area contributed by atoms with Crippen LogP contribution in [0.1, 0.15) is 27.0 Å². The van der Waals surface area contributed by atoms with Gasteiger partial charge in [-0.2, -0.15) is 0 Å². The number of urea groups is 1. The van der Waals surface area contributed by atoms with Crippen molar-refractivity contribution in [2.75, 3.05) is 23.6 Å². The van der Waals surface area contributed by atoms with Gasteiger partial charge in [-0.3, -0.25) is 9.59 Å². The normalized spacial score (nSPS) is 15.4. The molecule has 0 spiro atoms. The summed E-state index contributed by atoms with van der Waals surface area (Å²) >= 11 is 0. The van der Waals surface area contributed by atoms with Crippen molar-refractivity contribution in [1.82, 2.24) is 5.32 Å². The summed E-state index contributed by atoms with van der Waals surface area (Å²) in [5, 5.41) is 5.43. The van der Waals surface area contributed by atoms with Gasteiger partial charge < -0.3 is 25.0 Å². The van der Waals surface area contributed by atoms with Crippen LogP contribution in [-0.2, 0) is 4.79 Å². The molecule has 204 valence electrons. The fourth-order valence-corrected chi connectivity index (χ4v) is 4.89. The Morgan fingerprint density at radius 2 is 1.63 bits per heavy atom. The molecule has 6 rings (SSSR count). The van der Waals surface area contributed by atoms with Gasteiger partial charge in [0.2, 0.25) is 13.0 Å². The standard InChI is InChI=1S/C32H26N4O5/c1-20-9-5-6-12-23(20)26(37)18-36-25-14-8-7-13-24(25)29(21-10-3-2-4-11-21)34-30(31(36)38)35-32(39)33-22-15-16-27-28(17-22)41-19-40-27/h2-17,30H,18-19H2,1H3,(H2,33,35,39)/t30-/m1/s1. The average molecular weight is 547 g/mol. The van der Waals surface area contributed by atoms with Gasteiger partial charge in [0.25, 0.3) is 5.91 Å². The van der Waals surface area contributed by atoms with Gasteiger partial charge in [-0.05, 0) is 30.7 Å². The smallest absolute Gasteiger partial charge is 0.321 e. The number of hydrogen-bond donors (Lipinski definition) is 2. The zero-order valence-electron chi connectivity index (χ0n) is 22.2. The van der Waals surface area contributed by atoms with E-state index in [1.807, 2.05) is 61.5 Å². The number of ether oxygens (including phenoxy) is 2. The molecular formula is C32H26N4O5. The van der Waals surface area contributed by atoms with Gasteiger partial charge in [0, 0.05) is 28.4 Å². The maximum atomic E-state index is 14.1. The molecule has 0 aromatic heterocycles. The van der Waals surface area contributed by atoms with E-state index in [-0.39, 0.29) is 19.1 Å². The summed E-state index contributed by atoms with van der Waals surface area (Å²) in [6.45, 7) is 1.74. The van der Waals surface area contributed by atoms with Crippen LogP contribution in [0.15, 0.2) is 102 Å². The predicted octanol–water partition coefficient (Wildman–Crippen LogP) is 4.94. The number of amides is 3. The SMILES string of the molecule is Cc1ccccc1C(=O)CN1C(=O)[C@@H](NC(=O)Nc2ccc3c(c2)OCO3)N=C(c2ccccc2)c2ccccc21. The van der Waals surface area contributed by atoms with Gasteiger partial charge in [-0.15, -0.1) is 0 Å². The van der Waals surface area contributed by atoms with Crippen LogP contribution in [0.25, 0.3) is 0 Å². The number of benzodiazepines with no additional fused rings is 1. The molecule has 2 N–H and O–H groups in total. The summed E-state index contributed by atoms with van der Waals surface area (Å²) in [7, 11) is 0. The lowest BCUT2D eigenvalue weighted by atomic mass is 9.99. The van der Waals surface area contributed by atoms with E-state index in [0.717, 1.165) is 11.1 Å². The Hall–Kier alpha value is -5.44. The van der Waals surface area contributed by atoms with Gasteiger partial charge in [-0.1, -0.05) is 72.8 Å². The van der Waals surface area contributed by atoms with Crippen LogP contribution < -0.4 is 25.0 Å². The van der Waals surface area contributed by atoms with Crippen LogP contribution in [0.3, 0.4) is 0 Å². The van der Waals surface area contributed by atoms with Crippen molar-refractivity contribution in [3.63, 3.8) is 0 Å². The van der Waals surface area contributed by atoms with Crippen LogP contribution in [0.2, 0.25) is 0 Å². The van der Waals surface area contributed by atoms with Crippen molar-refractivity contribution < 1.29 is 23.9 Å². The van der Waals surface area contributed by atoms with Gasteiger partial charge in [0.15, 0.2) is 17.3 Å². The summed E-state index contributed by atoms with van der Waals surface area (Å²) in [4.78, 5) is 46.8. The Morgan fingerprint density at radius 3 is 2.46 bits per heavy atom. The zero-order chi connectivity index (χ0) is 28.3. The summed E-state index contributed by atoms with van der Waals surface area (Å²) in [6.07, 6.45) is -1.31. The topological polar surface area (TPSA) is 109 Å². The second-order valence-electron chi connectivity index (χ2n) is 9.59. The van der Waals surface area contributed by atoms with Crippen molar-refractivity contribution in [2.45, 2.75) is 13.1 Å². The van der Waals surface area contributed by atoms with Crippen LogP contribution in [-0.4, -0.2) is 42.9 Å². The summed E-state index contributed by atoms with van der Waals surface area (Å²) < 4.78 is 10.7. The van der Waals surface area contributed by atoms with Crippen LogP contribution in [0.4, 0.5) is 16.2 Å². The number of para-hydroxylation sites is 1. The summed E-state index contributed by atoms with van der Waals surface area (Å²) in [5.41, 5.74) is 4.28. The van der Waals surface area contributed by atoms with Gasteiger partial charge in [0.1, 0.15) is 0 Å². The molecule has 0 saturated heterocycles. The third-order valence-corrected chi connectivity index (χ3v) is 6.90. The number of rotatable bonds is 6. The molecule has 1 atom stereocenters. The van der Waals surface area contributed by atoms with Crippen molar-refractivity contribution >= 4 is 34.8 Å². The van der Waals surface area contributed by atoms with E-state index < -0.39 is 18.1 Å². The highest BCUT2D eigenvalue weighted by molar-refractivity contribution is 6.21. The summed E-state index contributed by atoms with van der Waals surface area (Å²) in [5.74, 6) is 0.330. The molecule has 2 heterocycles. The highest BCUT2D eigenvalue weighted by Crippen LogP contribution is 2.34. The number of benzene rings is 4. The number of carbonyl (C=O) groups is 3. The molecule has 4 aromatic carbocycles. The van der Waals surface area contributed by atoms with E-state index >= 15 is 0 Å². The number of carbonyl (C=O) groups excluding carboxylic acids is 3. The van der Waals surface area contributed by atoms with E-state index in [1.165, 1.54) is 4.90 Å². The first kappa shape index (κ1) is 25.8. The van der Waals surface area contributed by atoms with Crippen molar-refractivity contribution in [1.29, 1.82) is 0 Å². The van der Waals surface area contributed by atoms with E-state index in [4.69, 9.17) is 14.5 Å². The van der Waals surface area contributed by atoms with Gasteiger partial charge in [-0.25, -0.2) is 9.79 Å². The summed E-state index contributed by atoms with van der Waals surface area (Å²) in [6, 6.07) is 28.3. The molecule has 0 radical (unpaired) electrons. The number of Topliss-reactive ketones (excluding diaryl/α,β-unsaturated/α-hetero) is 1. The molecule has 0 saturated carbocycles. The Labute approximate surface area is 236 Å². The largest absolute Gasteiger partial charge is 0.454 e. The fourth-order valence-electron chi connectivity index (χ4n) is 4.89. The van der Waals surface area contributed by atoms with E-state index in [9.17, 15) is 14.4 Å². The highest BCUT2D eigenvalue weighted by atomic mass is 16.7. The monoisotopic (exact) mass is 546 g/mol. The molecule has 41 heavy (non-hydrogen) atoms. The Kier molecular flexibility index (Phi) is 6.91. The third kappa shape index (κ3) is 5.25. The molecule has 4 aromatic rings. The maximum absolute atomic E-state index is 14.1. The average Bonchev–Trinajstić information content (AvgIpc) is 3.42. The van der Waals surface area contributed by atoms with Crippen LogP contribution >= 0.6 is 0 Å². The number of nitrogens with zero attached hydrogens (tertiary/aromatic N) is 2. The fraction of sp³-hybridized carbons (Fsp3) is 0.125. The van der Waals surface area contributed by atoms with Crippen molar-refractivity contribution in [3.05, 3.63) is 119 Å². The highest BCUT2D eigenvalue weighted by Gasteiger charge is 2.34. The van der Waals surface area contributed by atoms with Crippen LogP contribution in [0.5, 0.6) is 11.5 Å². The lowest BCUT2D eigenvalue weighted by Gasteiger charge is -2.25. The minimum atomic E-state index is -1.31. The minimum Gasteiger partial charge on any atom is -0.454 e. The second kappa shape index (κ2) is 11.0. The lowest BCUT2D eigenvalue weighted by Crippen LogP contribution is -2.50. The third-order valence-electron chi connectivity index (χ3n) is 6.90. The quantitative estimate of drug-likeness (QED) is 0.333. The molecule has 2 aliphatic heterocycles. The predicted molar refractivity (Wildman–Crippen MR) is 155 cm³/mol. The molecule has 9 nitrogen and oxygen atoms in total. The lowest BCUT2D eigenvalue weighted by molar-refractivity contribution is -0.120. The number of ketones is 1. The molecule has 0 bridgehead atoms. The number of aryl methyl sites for hydroxylation is 1. The first-order valence-electron chi connectivity index (χ1n) is 13.1. The number of anilines is 2. The van der Waals surface area contributed by atoms with Gasteiger partial charge in [0.05, 0.1) is 17.9 Å². The molecule has 9 heteroatoms.